The van der Waals surface area contributed by atoms with Crippen LogP contribution in [0.4, 0.5) is 5.82 Å². The number of rotatable bonds is 4. The van der Waals surface area contributed by atoms with E-state index in [9.17, 15) is 9.59 Å². The third kappa shape index (κ3) is 3.29. The largest absolute Gasteiger partial charge is 0.379 e. The first-order valence-corrected chi connectivity index (χ1v) is 10.5. The highest BCUT2D eigenvalue weighted by atomic mass is 16.5. The molecule has 1 aliphatic rings. The van der Waals surface area contributed by atoms with Crippen LogP contribution in [-0.2, 0) is 4.74 Å². The van der Waals surface area contributed by atoms with E-state index in [1.165, 1.54) is 12.3 Å². The summed E-state index contributed by atoms with van der Waals surface area (Å²) in [7, 11) is 1.73. The van der Waals surface area contributed by atoms with E-state index in [-0.39, 0.29) is 22.6 Å². The number of carbonyl (C=O) groups is 1. The van der Waals surface area contributed by atoms with Crippen molar-refractivity contribution in [3.05, 3.63) is 64.6 Å². The van der Waals surface area contributed by atoms with Gasteiger partial charge in [-0.05, 0) is 18.2 Å². The van der Waals surface area contributed by atoms with Gasteiger partial charge in [0.2, 0.25) is 0 Å². The minimum absolute atomic E-state index is 0.0385. The van der Waals surface area contributed by atoms with Gasteiger partial charge >= 0.3 is 0 Å². The zero-order chi connectivity index (χ0) is 22.4. The van der Waals surface area contributed by atoms with E-state index in [1.807, 2.05) is 30.3 Å². The minimum atomic E-state index is -0.737. The van der Waals surface area contributed by atoms with E-state index < -0.39 is 5.91 Å². The number of ether oxygens (including phenoxy) is 1. The van der Waals surface area contributed by atoms with Crippen molar-refractivity contribution in [2.75, 3.05) is 25.1 Å². The fraction of sp³-hybridized carbons (Fsp3) is 0.250. The monoisotopic (exact) mass is 429 g/mol. The molecular weight excluding hydrogens is 406 g/mol. The molecule has 0 spiro atoms. The maximum absolute atomic E-state index is 13.0. The lowest BCUT2D eigenvalue weighted by molar-refractivity contribution is 0.0899. The Morgan fingerprint density at radius 3 is 2.78 bits per heavy atom. The van der Waals surface area contributed by atoms with E-state index >= 15 is 0 Å². The summed E-state index contributed by atoms with van der Waals surface area (Å²) in [5.74, 6) is 0.397. The molecule has 0 aliphatic carbocycles. The topological polar surface area (TPSA) is 114 Å². The molecule has 1 aliphatic heterocycles. The highest BCUT2D eigenvalue weighted by Gasteiger charge is 2.32. The Bertz CT molecular complexity index is 1410. The van der Waals surface area contributed by atoms with Crippen molar-refractivity contribution in [3.8, 4) is 11.3 Å². The molecule has 1 aromatic carbocycles. The van der Waals surface area contributed by atoms with Crippen LogP contribution in [0.5, 0.6) is 0 Å². The van der Waals surface area contributed by atoms with E-state index in [2.05, 4.69) is 21.8 Å². The highest BCUT2D eigenvalue weighted by Crippen LogP contribution is 2.35. The summed E-state index contributed by atoms with van der Waals surface area (Å²) in [6.07, 6.45) is 1.57. The number of amides is 1. The smallest absolute Gasteiger partial charge is 0.268 e. The number of nitrogens with one attached hydrogen (secondary N) is 1. The number of methoxy groups -OCH3 is 1. The van der Waals surface area contributed by atoms with Crippen LogP contribution in [0.25, 0.3) is 33.1 Å². The van der Waals surface area contributed by atoms with Crippen LogP contribution in [0.3, 0.4) is 0 Å². The molecule has 32 heavy (non-hydrogen) atoms. The molecule has 0 saturated carbocycles. The van der Waals surface area contributed by atoms with Crippen LogP contribution in [0, 0.1) is 5.92 Å². The van der Waals surface area contributed by atoms with Gasteiger partial charge in [0.05, 0.1) is 28.2 Å². The van der Waals surface area contributed by atoms with Gasteiger partial charge in [0.1, 0.15) is 11.5 Å². The summed E-state index contributed by atoms with van der Waals surface area (Å²) >= 11 is 0. The SMILES string of the molecule is CO[C@H]1CN(c2nc3ccccc3cc2-c2cc(=O)c3c(C(N)=O)nccc3[nH]2)C[C@H]1C. The Labute approximate surface area is 184 Å². The molecule has 1 amide bonds. The fourth-order valence-corrected chi connectivity index (χ4v) is 4.49. The van der Waals surface area contributed by atoms with Crippen molar-refractivity contribution < 1.29 is 9.53 Å². The molecule has 162 valence electrons. The van der Waals surface area contributed by atoms with Gasteiger partial charge in [0.15, 0.2) is 5.43 Å². The number of carbonyl (C=O) groups excluding carboxylic acids is 1. The number of pyridine rings is 3. The summed E-state index contributed by atoms with van der Waals surface area (Å²) in [5, 5.41) is 1.16. The van der Waals surface area contributed by atoms with Gasteiger partial charge in [-0.3, -0.25) is 14.6 Å². The lowest BCUT2D eigenvalue weighted by Gasteiger charge is -2.22. The quantitative estimate of drug-likeness (QED) is 0.516. The number of aromatic nitrogens is 3. The Kier molecular flexibility index (Phi) is 4.86. The normalized spacial score (nSPS) is 18.5. The molecule has 3 aromatic heterocycles. The number of nitrogens with zero attached hydrogens (tertiary/aromatic N) is 3. The number of hydrogen-bond donors (Lipinski definition) is 2. The minimum Gasteiger partial charge on any atom is -0.379 e. The van der Waals surface area contributed by atoms with Crippen LogP contribution in [0.2, 0.25) is 0 Å². The number of nitrogens with two attached hydrogens (primary N) is 1. The van der Waals surface area contributed by atoms with Crippen molar-refractivity contribution in [3.63, 3.8) is 0 Å². The lowest BCUT2D eigenvalue weighted by atomic mass is 10.1. The molecule has 4 heterocycles. The van der Waals surface area contributed by atoms with Gasteiger partial charge in [-0.15, -0.1) is 0 Å². The van der Waals surface area contributed by atoms with Crippen molar-refractivity contribution in [1.29, 1.82) is 0 Å². The maximum atomic E-state index is 13.0. The van der Waals surface area contributed by atoms with Crippen LogP contribution < -0.4 is 16.1 Å². The number of hydrogen-bond acceptors (Lipinski definition) is 6. The lowest BCUT2D eigenvalue weighted by Crippen LogP contribution is -2.24. The molecule has 0 unspecified atom stereocenters. The average molecular weight is 429 g/mol. The van der Waals surface area contributed by atoms with Crippen molar-refractivity contribution in [2.24, 2.45) is 11.7 Å². The summed E-state index contributed by atoms with van der Waals surface area (Å²) in [5.41, 5.74) is 7.87. The standard InChI is InChI=1S/C24H23N5O3/c1-13-11-29(12-20(13)32-2)24-15(9-14-5-3-4-6-16(14)28-24)18-10-19(30)21-17(27-18)7-8-26-22(21)23(25)31/h3-10,13,20H,11-12H2,1-2H3,(H2,25,31)(H,27,30)/t13-,20+/m1/s1. The molecule has 0 bridgehead atoms. The predicted octanol–water partition coefficient (Wildman–Crippen LogP) is 2.71. The second-order valence-corrected chi connectivity index (χ2v) is 8.20. The third-order valence-corrected chi connectivity index (χ3v) is 6.12. The molecule has 1 saturated heterocycles. The highest BCUT2D eigenvalue weighted by molar-refractivity contribution is 6.04. The molecule has 8 nitrogen and oxygen atoms in total. The third-order valence-electron chi connectivity index (χ3n) is 6.12. The van der Waals surface area contributed by atoms with Crippen LogP contribution >= 0.6 is 0 Å². The Hall–Kier alpha value is -3.78. The number of primary amides is 1. The van der Waals surface area contributed by atoms with E-state index in [4.69, 9.17) is 15.5 Å². The molecule has 5 rings (SSSR count). The zero-order valence-electron chi connectivity index (χ0n) is 17.8. The molecular formula is C24H23N5O3. The van der Waals surface area contributed by atoms with Crippen LogP contribution in [0.15, 0.2) is 53.5 Å². The van der Waals surface area contributed by atoms with Gasteiger partial charge in [-0.1, -0.05) is 25.1 Å². The Morgan fingerprint density at radius 1 is 1.22 bits per heavy atom. The molecule has 0 radical (unpaired) electrons. The number of anilines is 1. The van der Waals surface area contributed by atoms with Gasteiger partial charge in [0, 0.05) is 49.3 Å². The first-order chi connectivity index (χ1) is 15.5. The number of aromatic amines is 1. The molecule has 3 N–H and O–H groups in total. The second kappa shape index (κ2) is 7.72. The molecule has 2 atom stereocenters. The summed E-state index contributed by atoms with van der Waals surface area (Å²) in [4.78, 5) is 39.2. The van der Waals surface area contributed by atoms with Crippen molar-refractivity contribution in [1.82, 2.24) is 15.0 Å². The van der Waals surface area contributed by atoms with Crippen LogP contribution in [0.1, 0.15) is 17.4 Å². The zero-order valence-corrected chi connectivity index (χ0v) is 17.8. The second-order valence-electron chi connectivity index (χ2n) is 8.20. The Morgan fingerprint density at radius 2 is 2.03 bits per heavy atom. The van der Waals surface area contributed by atoms with Gasteiger partial charge < -0.3 is 20.4 Å². The van der Waals surface area contributed by atoms with Crippen molar-refractivity contribution >= 4 is 33.5 Å². The van der Waals surface area contributed by atoms with E-state index in [0.29, 0.717) is 23.7 Å². The summed E-state index contributed by atoms with van der Waals surface area (Å²) < 4.78 is 5.64. The number of benzene rings is 1. The fourth-order valence-electron chi connectivity index (χ4n) is 4.49. The molecule has 4 aromatic rings. The van der Waals surface area contributed by atoms with Crippen LogP contribution in [-0.4, -0.2) is 47.2 Å². The first-order valence-electron chi connectivity index (χ1n) is 10.5. The van der Waals surface area contributed by atoms with E-state index in [0.717, 1.165) is 28.8 Å². The average Bonchev–Trinajstić information content (AvgIpc) is 3.18. The Balaban J connectivity index is 1.74. The summed E-state index contributed by atoms with van der Waals surface area (Å²) in [6, 6.07) is 13.1. The number of fused-ring (bicyclic) bond motifs is 2. The maximum Gasteiger partial charge on any atom is 0.268 e. The molecule has 8 heteroatoms. The number of para-hydroxylation sites is 1. The molecule has 1 fully saturated rings. The van der Waals surface area contributed by atoms with Gasteiger partial charge in [-0.2, -0.15) is 0 Å². The predicted molar refractivity (Wildman–Crippen MR) is 124 cm³/mol. The number of H-pyrrole nitrogens is 1. The van der Waals surface area contributed by atoms with E-state index in [1.54, 1.807) is 13.2 Å². The van der Waals surface area contributed by atoms with Gasteiger partial charge in [-0.25, -0.2) is 4.98 Å². The van der Waals surface area contributed by atoms with Gasteiger partial charge in [0.25, 0.3) is 5.91 Å². The van der Waals surface area contributed by atoms with Crippen molar-refractivity contribution in [2.45, 2.75) is 13.0 Å². The summed E-state index contributed by atoms with van der Waals surface area (Å²) in [6.45, 7) is 3.67. The first kappa shape index (κ1) is 20.1.